The van der Waals surface area contributed by atoms with Gasteiger partial charge in [-0.1, -0.05) is 30.3 Å². The second kappa shape index (κ2) is 8.18. The SMILES string of the molecule is COc1ccc2c(C)c(CC(=O)NC(C(=O)O)c3ccccc3)c(=O)oc2c1C. The molecule has 1 heterocycles. The fourth-order valence-corrected chi connectivity index (χ4v) is 3.30. The first-order valence-electron chi connectivity index (χ1n) is 9.00. The summed E-state index contributed by atoms with van der Waals surface area (Å²) in [5.41, 5.74) is 1.71. The van der Waals surface area contributed by atoms with Gasteiger partial charge in [0.05, 0.1) is 19.1 Å². The predicted octanol–water partition coefficient (Wildman–Crippen LogP) is 2.90. The first kappa shape index (κ1) is 20.1. The Morgan fingerprint density at radius 1 is 1.10 bits per heavy atom. The van der Waals surface area contributed by atoms with Gasteiger partial charge in [0.25, 0.3) is 0 Å². The van der Waals surface area contributed by atoms with E-state index in [1.165, 1.54) is 7.11 Å². The van der Waals surface area contributed by atoms with Crippen LogP contribution >= 0.6 is 0 Å². The lowest BCUT2D eigenvalue weighted by Crippen LogP contribution is -2.35. The molecule has 1 amide bonds. The number of aliphatic carboxylic acids is 1. The first-order chi connectivity index (χ1) is 13.8. The molecule has 1 aromatic heterocycles. The van der Waals surface area contributed by atoms with Crippen molar-refractivity contribution in [2.24, 2.45) is 0 Å². The van der Waals surface area contributed by atoms with E-state index in [1.807, 2.05) is 0 Å². The Labute approximate surface area is 166 Å². The minimum absolute atomic E-state index is 0.191. The number of rotatable bonds is 6. The standard InChI is InChI=1S/C22H21NO6/c1-12-15-9-10-17(28-3)13(2)20(15)29-22(27)16(12)11-18(24)23-19(21(25)26)14-7-5-4-6-8-14/h4-10,19H,11H2,1-3H3,(H,23,24)(H,25,26). The molecule has 7 nitrogen and oxygen atoms in total. The highest BCUT2D eigenvalue weighted by Crippen LogP contribution is 2.29. The number of fused-ring (bicyclic) bond motifs is 1. The number of amides is 1. The lowest BCUT2D eigenvalue weighted by Gasteiger charge is -2.16. The zero-order valence-electron chi connectivity index (χ0n) is 16.3. The van der Waals surface area contributed by atoms with E-state index in [9.17, 15) is 19.5 Å². The van der Waals surface area contributed by atoms with Crippen LogP contribution in [0.1, 0.15) is 28.3 Å². The monoisotopic (exact) mass is 395 g/mol. The topological polar surface area (TPSA) is 106 Å². The summed E-state index contributed by atoms with van der Waals surface area (Å²) in [5.74, 6) is -1.17. The van der Waals surface area contributed by atoms with Crippen molar-refractivity contribution in [3.63, 3.8) is 0 Å². The average molecular weight is 395 g/mol. The van der Waals surface area contributed by atoms with E-state index in [-0.39, 0.29) is 12.0 Å². The Kier molecular flexibility index (Phi) is 5.68. The zero-order valence-corrected chi connectivity index (χ0v) is 16.3. The van der Waals surface area contributed by atoms with Gasteiger partial charge in [-0.3, -0.25) is 4.79 Å². The quantitative estimate of drug-likeness (QED) is 0.622. The average Bonchev–Trinajstić information content (AvgIpc) is 2.70. The van der Waals surface area contributed by atoms with Crippen molar-refractivity contribution in [2.75, 3.05) is 7.11 Å². The number of aryl methyl sites for hydroxylation is 2. The van der Waals surface area contributed by atoms with Gasteiger partial charge in [-0.25, -0.2) is 9.59 Å². The van der Waals surface area contributed by atoms with Gasteiger partial charge in [0.15, 0.2) is 6.04 Å². The van der Waals surface area contributed by atoms with Crippen molar-refractivity contribution in [1.29, 1.82) is 0 Å². The molecule has 1 atom stereocenters. The summed E-state index contributed by atoms with van der Waals surface area (Å²) in [5, 5.41) is 12.6. The van der Waals surface area contributed by atoms with E-state index in [0.29, 0.717) is 33.4 Å². The largest absolute Gasteiger partial charge is 0.496 e. The number of hydrogen-bond acceptors (Lipinski definition) is 5. The van der Waals surface area contributed by atoms with Crippen LogP contribution in [0.2, 0.25) is 0 Å². The van der Waals surface area contributed by atoms with Gasteiger partial charge in [0.1, 0.15) is 11.3 Å². The first-order valence-corrected chi connectivity index (χ1v) is 9.00. The maximum atomic E-state index is 12.5. The van der Waals surface area contributed by atoms with Gasteiger partial charge < -0.3 is 19.6 Å². The number of carbonyl (C=O) groups is 2. The highest BCUT2D eigenvalue weighted by atomic mass is 16.5. The predicted molar refractivity (Wildman–Crippen MR) is 107 cm³/mol. The third-order valence-corrected chi connectivity index (χ3v) is 4.90. The van der Waals surface area contributed by atoms with Gasteiger partial charge in [0.2, 0.25) is 5.91 Å². The number of hydrogen-bond donors (Lipinski definition) is 2. The Hall–Kier alpha value is -3.61. The van der Waals surface area contributed by atoms with Crippen LogP contribution in [-0.4, -0.2) is 24.1 Å². The van der Waals surface area contributed by atoms with E-state index in [2.05, 4.69) is 5.32 Å². The molecule has 0 spiro atoms. The van der Waals surface area contributed by atoms with Crippen LogP contribution in [0.3, 0.4) is 0 Å². The summed E-state index contributed by atoms with van der Waals surface area (Å²) < 4.78 is 10.7. The molecule has 1 unspecified atom stereocenters. The summed E-state index contributed by atoms with van der Waals surface area (Å²) in [6.45, 7) is 3.52. The van der Waals surface area contributed by atoms with Crippen LogP contribution in [0, 0.1) is 13.8 Å². The fraction of sp³-hybridized carbons (Fsp3) is 0.227. The highest BCUT2D eigenvalue weighted by molar-refractivity contribution is 5.89. The number of carbonyl (C=O) groups excluding carboxylic acids is 1. The minimum Gasteiger partial charge on any atom is -0.496 e. The Balaban J connectivity index is 1.92. The van der Waals surface area contributed by atoms with E-state index >= 15 is 0 Å². The Morgan fingerprint density at radius 3 is 2.41 bits per heavy atom. The molecule has 0 radical (unpaired) electrons. The molecule has 3 rings (SSSR count). The van der Waals surface area contributed by atoms with Gasteiger partial charge in [-0.15, -0.1) is 0 Å². The lowest BCUT2D eigenvalue weighted by atomic mass is 10.0. The molecular formula is C22H21NO6. The molecule has 29 heavy (non-hydrogen) atoms. The fourth-order valence-electron chi connectivity index (χ4n) is 3.30. The number of nitrogens with one attached hydrogen (secondary N) is 1. The maximum absolute atomic E-state index is 12.5. The van der Waals surface area contributed by atoms with Gasteiger partial charge in [-0.2, -0.15) is 0 Å². The molecule has 0 aliphatic heterocycles. The normalized spacial score (nSPS) is 11.8. The number of carboxylic acid groups (broad SMARTS) is 1. The summed E-state index contributed by atoms with van der Waals surface area (Å²) in [4.78, 5) is 36.6. The second-order valence-electron chi connectivity index (χ2n) is 6.69. The van der Waals surface area contributed by atoms with Crippen molar-refractivity contribution in [1.82, 2.24) is 5.32 Å². The van der Waals surface area contributed by atoms with Crippen LogP contribution < -0.4 is 15.7 Å². The summed E-state index contributed by atoms with van der Waals surface area (Å²) in [6.07, 6.45) is -0.286. The molecule has 3 aromatic rings. The molecular weight excluding hydrogens is 374 g/mol. The number of ether oxygens (including phenoxy) is 1. The van der Waals surface area contributed by atoms with Crippen LogP contribution in [0.5, 0.6) is 5.75 Å². The second-order valence-corrected chi connectivity index (χ2v) is 6.69. The van der Waals surface area contributed by atoms with E-state index in [4.69, 9.17) is 9.15 Å². The Morgan fingerprint density at radius 2 is 1.79 bits per heavy atom. The van der Waals surface area contributed by atoms with Crippen LogP contribution in [0.15, 0.2) is 51.7 Å². The number of carboxylic acids is 1. The van der Waals surface area contributed by atoms with Gasteiger partial charge in [0, 0.05) is 10.9 Å². The van der Waals surface area contributed by atoms with Crippen LogP contribution in [-0.2, 0) is 16.0 Å². The number of benzene rings is 2. The Bertz CT molecular complexity index is 1130. The van der Waals surface area contributed by atoms with Crippen molar-refractivity contribution < 1.29 is 23.8 Å². The molecule has 0 saturated carbocycles. The maximum Gasteiger partial charge on any atom is 0.340 e. The lowest BCUT2D eigenvalue weighted by molar-refractivity contribution is -0.142. The van der Waals surface area contributed by atoms with Crippen LogP contribution in [0.4, 0.5) is 0 Å². The van der Waals surface area contributed by atoms with Crippen molar-refractivity contribution in [2.45, 2.75) is 26.3 Å². The number of methoxy groups -OCH3 is 1. The molecule has 150 valence electrons. The summed E-state index contributed by atoms with van der Waals surface area (Å²) >= 11 is 0. The highest BCUT2D eigenvalue weighted by Gasteiger charge is 2.24. The molecule has 0 fully saturated rings. The third kappa shape index (κ3) is 3.99. The van der Waals surface area contributed by atoms with E-state index in [0.717, 1.165) is 0 Å². The molecule has 0 aliphatic rings. The molecule has 2 N–H and O–H groups in total. The summed E-state index contributed by atoms with van der Waals surface area (Å²) in [6, 6.07) is 10.7. The molecule has 7 heteroatoms. The summed E-state index contributed by atoms with van der Waals surface area (Å²) in [7, 11) is 1.53. The smallest absolute Gasteiger partial charge is 0.340 e. The molecule has 0 bridgehead atoms. The molecule has 0 aliphatic carbocycles. The minimum atomic E-state index is -1.21. The molecule has 0 saturated heterocycles. The van der Waals surface area contributed by atoms with Gasteiger partial charge in [-0.05, 0) is 37.1 Å². The van der Waals surface area contributed by atoms with Crippen molar-refractivity contribution in [3.05, 3.63) is 75.1 Å². The van der Waals surface area contributed by atoms with Crippen molar-refractivity contribution >= 4 is 22.8 Å². The van der Waals surface area contributed by atoms with Crippen molar-refractivity contribution in [3.8, 4) is 5.75 Å². The third-order valence-electron chi connectivity index (χ3n) is 4.90. The zero-order chi connectivity index (χ0) is 21.1. The van der Waals surface area contributed by atoms with E-state index < -0.39 is 23.5 Å². The molecule has 2 aromatic carbocycles. The van der Waals surface area contributed by atoms with E-state index in [1.54, 1.807) is 56.3 Å². The van der Waals surface area contributed by atoms with Gasteiger partial charge >= 0.3 is 11.6 Å². The van der Waals surface area contributed by atoms with Crippen LogP contribution in [0.25, 0.3) is 11.0 Å².